The summed E-state index contributed by atoms with van der Waals surface area (Å²) in [7, 11) is 0. The molecule has 20 heavy (non-hydrogen) atoms. The Balaban J connectivity index is 2.18. The first-order valence-electron chi connectivity index (χ1n) is 6.65. The number of hydrogen-bond donors (Lipinski definition) is 1. The van der Waals surface area contributed by atoms with E-state index < -0.39 is 0 Å². The van der Waals surface area contributed by atoms with Crippen molar-refractivity contribution in [2.75, 3.05) is 11.9 Å². The number of carbonyl (C=O) groups excluding carboxylic acids is 1. The molecule has 4 nitrogen and oxygen atoms in total. The second-order valence-corrected chi connectivity index (χ2v) is 5.78. The van der Waals surface area contributed by atoms with Gasteiger partial charge in [-0.15, -0.1) is 0 Å². The van der Waals surface area contributed by atoms with Gasteiger partial charge in [0.2, 0.25) is 5.91 Å². The van der Waals surface area contributed by atoms with E-state index in [0.717, 1.165) is 22.2 Å². The van der Waals surface area contributed by atoms with E-state index in [0.29, 0.717) is 0 Å². The maximum atomic E-state index is 11.9. The Bertz CT molecular complexity index is 630. The molecule has 0 saturated heterocycles. The molecule has 0 saturated carbocycles. The highest BCUT2D eigenvalue weighted by Crippen LogP contribution is 2.24. The molecule has 2 aromatic rings. The summed E-state index contributed by atoms with van der Waals surface area (Å²) in [6, 6.07) is 7.67. The van der Waals surface area contributed by atoms with Crippen LogP contribution in [-0.4, -0.2) is 23.1 Å². The van der Waals surface area contributed by atoms with Gasteiger partial charge in [-0.05, 0) is 51.5 Å². The van der Waals surface area contributed by atoms with E-state index in [1.165, 1.54) is 0 Å². The fourth-order valence-corrected chi connectivity index (χ4v) is 1.89. The van der Waals surface area contributed by atoms with Crippen molar-refractivity contribution >= 4 is 22.5 Å². The summed E-state index contributed by atoms with van der Waals surface area (Å²) < 4.78 is 5.47. The van der Waals surface area contributed by atoms with Crippen LogP contribution < -0.4 is 5.32 Å². The molecule has 4 heteroatoms. The van der Waals surface area contributed by atoms with Crippen LogP contribution >= 0.6 is 0 Å². The lowest BCUT2D eigenvalue weighted by atomic mass is 10.1. The van der Waals surface area contributed by atoms with Crippen LogP contribution in [0.1, 0.15) is 26.3 Å². The van der Waals surface area contributed by atoms with Gasteiger partial charge < -0.3 is 10.1 Å². The molecule has 1 aromatic heterocycles. The minimum absolute atomic E-state index is 0.0408. The summed E-state index contributed by atoms with van der Waals surface area (Å²) in [4.78, 5) is 16.3. The SMILES string of the molecule is Cc1ccc(NC(=O)COC(C)(C)C)c2cccnc12. The minimum atomic E-state index is -0.325. The van der Waals surface area contributed by atoms with Crippen molar-refractivity contribution in [3.8, 4) is 0 Å². The number of anilines is 1. The van der Waals surface area contributed by atoms with Crippen LogP contribution in [0.4, 0.5) is 5.69 Å². The van der Waals surface area contributed by atoms with E-state index in [2.05, 4.69) is 10.3 Å². The molecule has 1 heterocycles. The maximum Gasteiger partial charge on any atom is 0.250 e. The molecule has 0 unspecified atom stereocenters. The number of aromatic nitrogens is 1. The summed E-state index contributed by atoms with van der Waals surface area (Å²) in [6.45, 7) is 7.81. The number of rotatable bonds is 3. The first-order valence-corrected chi connectivity index (χ1v) is 6.65. The molecule has 0 radical (unpaired) electrons. The number of nitrogens with zero attached hydrogens (tertiary/aromatic N) is 1. The van der Waals surface area contributed by atoms with E-state index >= 15 is 0 Å². The van der Waals surface area contributed by atoms with Crippen LogP contribution in [0.25, 0.3) is 10.9 Å². The van der Waals surface area contributed by atoms with Crippen molar-refractivity contribution in [3.05, 3.63) is 36.0 Å². The average molecular weight is 272 g/mol. The van der Waals surface area contributed by atoms with Gasteiger partial charge in [-0.25, -0.2) is 0 Å². The Kier molecular flexibility index (Phi) is 4.04. The van der Waals surface area contributed by atoms with E-state index in [1.54, 1.807) is 6.20 Å². The van der Waals surface area contributed by atoms with E-state index in [9.17, 15) is 4.79 Å². The molecule has 2 rings (SSSR count). The number of fused-ring (bicyclic) bond motifs is 1. The van der Waals surface area contributed by atoms with Gasteiger partial charge in [0.1, 0.15) is 6.61 Å². The lowest BCUT2D eigenvalue weighted by Gasteiger charge is -2.19. The molecule has 106 valence electrons. The molecular formula is C16H20N2O2. The third-order valence-corrected chi connectivity index (χ3v) is 2.88. The number of nitrogens with one attached hydrogen (secondary N) is 1. The van der Waals surface area contributed by atoms with Crippen molar-refractivity contribution in [2.24, 2.45) is 0 Å². The molecule has 0 spiro atoms. The summed E-state index contributed by atoms with van der Waals surface area (Å²) >= 11 is 0. The smallest absolute Gasteiger partial charge is 0.250 e. The topological polar surface area (TPSA) is 51.2 Å². The monoisotopic (exact) mass is 272 g/mol. The fourth-order valence-electron chi connectivity index (χ4n) is 1.89. The Morgan fingerprint density at radius 2 is 2.05 bits per heavy atom. The molecular weight excluding hydrogens is 252 g/mol. The summed E-state index contributed by atoms with van der Waals surface area (Å²) in [5, 5.41) is 3.82. The van der Waals surface area contributed by atoms with Gasteiger partial charge in [0.15, 0.2) is 0 Å². The van der Waals surface area contributed by atoms with Gasteiger partial charge >= 0.3 is 0 Å². The third-order valence-electron chi connectivity index (χ3n) is 2.88. The second-order valence-electron chi connectivity index (χ2n) is 5.78. The summed E-state index contributed by atoms with van der Waals surface area (Å²) in [5.41, 5.74) is 2.43. The lowest BCUT2D eigenvalue weighted by molar-refractivity contribution is -0.125. The number of benzene rings is 1. The van der Waals surface area contributed by atoms with E-state index in [1.807, 2.05) is 52.0 Å². The zero-order valence-corrected chi connectivity index (χ0v) is 12.4. The first kappa shape index (κ1) is 14.5. The first-order chi connectivity index (χ1) is 9.37. The predicted molar refractivity (Wildman–Crippen MR) is 80.8 cm³/mol. The highest BCUT2D eigenvalue weighted by molar-refractivity contribution is 6.02. The van der Waals surface area contributed by atoms with Crippen LogP contribution in [0.15, 0.2) is 30.5 Å². The largest absolute Gasteiger partial charge is 0.366 e. The summed E-state index contributed by atoms with van der Waals surface area (Å²) in [5.74, 6) is -0.158. The van der Waals surface area contributed by atoms with Crippen LogP contribution in [0.3, 0.4) is 0 Å². The molecule has 0 atom stereocenters. The number of hydrogen-bond acceptors (Lipinski definition) is 3. The normalized spacial score (nSPS) is 11.6. The van der Waals surface area contributed by atoms with E-state index in [-0.39, 0.29) is 18.1 Å². The van der Waals surface area contributed by atoms with Gasteiger partial charge in [0.05, 0.1) is 16.8 Å². The second kappa shape index (κ2) is 5.59. The molecule has 0 aliphatic heterocycles. The molecule has 0 fully saturated rings. The van der Waals surface area contributed by atoms with Gasteiger partial charge in [-0.2, -0.15) is 0 Å². The Hall–Kier alpha value is -1.94. The highest BCUT2D eigenvalue weighted by atomic mass is 16.5. The van der Waals surface area contributed by atoms with Crippen molar-refractivity contribution in [3.63, 3.8) is 0 Å². The molecule has 0 bridgehead atoms. The molecule has 0 aliphatic rings. The van der Waals surface area contributed by atoms with Gasteiger partial charge in [-0.3, -0.25) is 9.78 Å². The number of ether oxygens (including phenoxy) is 1. The van der Waals surface area contributed by atoms with Crippen LogP contribution in [0, 0.1) is 6.92 Å². The van der Waals surface area contributed by atoms with Gasteiger partial charge in [-0.1, -0.05) is 6.07 Å². The molecule has 1 aromatic carbocycles. The number of carbonyl (C=O) groups is 1. The maximum absolute atomic E-state index is 11.9. The lowest BCUT2D eigenvalue weighted by Crippen LogP contribution is -2.27. The Morgan fingerprint density at radius 3 is 2.75 bits per heavy atom. The minimum Gasteiger partial charge on any atom is -0.366 e. The van der Waals surface area contributed by atoms with Crippen molar-refractivity contribution < 1.29 is 9.53 Å². The third kappa shape index (κ3) is 3.54. The van der Waals surface area contributed by atoms with Crippen LogP contribution in [0.2, 0.25) is 0 Å². The van der Waals surface area contributed by atoms with Gasteiger partial charge in [0.25, 0.3) is 0 Å². The quantitative estimate of drug-likeness (QED) is 0.932. The Labute approximate surface area is 119 Å². The van der Waals surface area contributed by atoms with Crippen molar-refractivity contribution in [1.82, 2.24) is 4.98 Å². The standard InChI is InChI=1S/C16H20N2O2/c1-11-7-8-13(12-6-5-9-17-15(11)12)18-14(19)10-20-16(2,3)4/h5-9H,10H2,1-4H3,(H,18,19). The van der Waals surface area contributed by atoms with E-state index in [4.69, 9.17) is 4.74 Å². The average Bonchev–Trinajstić information content (AvgIpc) is 2.39. The zero-order chi connectivity index (χ0) is 14.8. The number of aryl methyl sites for hydroxylation is 1. The Morgan fingerprint density at radius 1 is 1.30 bits per heavy atom. The summed E-state index contributed by atoms with van der Waals surface area (Å²) in [6.07, 6.45) is 1.75. The molecule has 0 aliphatic carbocycles. The van der Waals surface area contributed by atoms with Crippen LogP contribution in [0.5, 0.6) is 0 Å². The predicted octanol–water partition coefficient (Wildman–Crippen LogP) is 3.30. The fraction of sp³-hybridized carbons (Fsp3) is 0.375. The van der Waals surface area contributed by atoms with Crippen LogP contribution in [-0.2, 0) is 9.53 Å². The molecule has 1 amide bonds. The van der Waals surface area contributed by atoms with Gasteiger partial charge in [0, 0.05) is 11.6 Å². The number of amides is 1. The number of pyridine rings is 1. The highest BCUT2D eigenvalue weighted by Gasteiger charge is 2.14. The van der Waals surface area contributed by atoms with Crippen molar-refractivity contribution in [1.29, 1.82) is 0 Å². The van der Waals surface area contributed by atoms with Crippen molar-refractivity contribution in [2.45, 2.75) is 33.3 Å². The zero-order valence-electron chi connectivity index (χ0n) is 12.4. The molecule has 1 N–H and O–H groups in total.